The molecule has 0 atom stereocenters. The molecule has 1 saturated heterocycles. The number of hydrogen-bond donors (Lipinski definition) is 1. The van der Waals surface area contributed by atoms with Gasteiger partial charge in [-0.2, -0.15) is 0 Å². The van der Waals surface area contributed by atoms with Gasteiger partial charge in [0.2, 0.25) is 0 Å². The lowest BCUT2D eigenvalue weighted by Gasteiger charge is -2.31. The first kappa shape index (κ1) is 17.9. The zero-order valence-corrected chi connectivity index (χ0v) is 15.3. The minimum atomic E-state index is 0.439. The Morgan fingerprint density at radius 2 is 1.71 bits per heavy atom. The first-order valence-corrected chi connectivity index (χ1v) is 9.92. The molecule has 0 bridgehead atoms. The van der Waals surface area contributed by atoms with Crippen molar-refractivity contribution in [3.8, 4) is 0 Å². The Bertz CT molecular complexity index is 459. The third kappa shape index (κ3) is 5.30. The van der Waals surface area contributed by atoms with Crippen LogP contribution in [-0.4, -0.2) is 44.2 Å². The Balaban J connectivity index is 1.39. The summed E-state index contributed by atoms with van der Waals surface area (Å²) in [6.45, 7) is 5.36. The summed E-state index contributed by atoms with van der Waals surface area (Å²) in [7, 11) is 2.02. The van der Waals surface area contributed by atoms with Crippen LogP contribution in [0.4, 0.5) is 0 Å². The maximum Gasteiger partial charge on any atom is 0.0720 e. The van der Waals surface area contributed by atoms with Crippen LogP contribution in [0.2, 0.25) is 0 Å². The molecule has 0 unspecified atom stereocenters. The second-order valence-electron chi connectivity index (χ2n) is 7.53. The van der Waals surface area contributed by atoms with Crippen molar-refractivity contribution in [2.24, 2.45) is 0 Å². The van der Waals surface area contributed by atoms with Crippen molar-refractivity contribution in [3.63, 3.8) is 0 Å². The van der Waals surface area contributed by atoms with Crippen LogP contribution in [0.1, 0.15) is 62.0 Å². The van der Waals surface area contributed by atoms with Crippen LogP contribution in [0, 0.1) is 0 Å². The SMILES string of the molecule is CNCCN1CCC(OCc2ccc(C3CCCCC3)cc2)CC1. The van der Waals surface area contributed by atoms with Crippen LogP contribution in [0.5, 0.6) is 0 Å². The number of nitrogens with zero attached hydrogens (tertiary/aromatic N) is 1. The Kier molecular flexibility index (Phi) is 7.13. The summed E-state index contributed by atoms with van der Waals surface area (Å²) in [5.74, 6) is 0.802. The predicted molar refractivity (Wildman–Crippen MR) is 100 cm³/mol. The van der Waals surface area contributed by atoms with Crippen LogP contribution in [0.15, 0.2) is 24.3 Å². The number of nitrogens with one attached hydrogen (secondary N) is 1. The second kappa shape index (κ2) is 9.55. The van der Waals surface area contributed by atoms with Crippen LogP contribution in [-0.2, 0) is 11.3 Å². The molecule has 3 heteroatoms. The number of likely N-dealkylation sites (N-methyl/N-ethyl adjacent to an activating group) is 1. The lowest BCUT2D eigenvalue weighted by atomic mass is 9.84. The Hall–Kier alpha value is -0.900. The second-order valence-corrected chi connectivity index (χ2v) is 7.53. The van der Waals surface area contributed by atoms with Crippen molar-refractivity contribution in [1.82, 2.24) is 10.2 Å². The Morgan fingerprint density at radius 1 is 1.00 bits per heavy atom. The van der Waals surface area contributed by atoms with Gasteiger partial charge >= 0.3 is 0 Å². The zero-order chi connectivity index (χ0) is 16.6. The fourth-order valence-corrected chi connectivity index (χ4v) is 4.11. The molecule has 0 spiro atoms. The third-order valence-electron chi connectivity index (χ3n) is 5.75. The zero-order valence-electron chi connectivity index (χ0n) is 15.3. The van der Waals surface area contributed by atoms with Crippen molar-refractivity contribution in [2.75, 3.05) is 33.2 Å². The molecule has 1 aromatic carbocycles. The average molecular weight is 331 g/mol. The van der Waals surface area contributed by atoms with Gasteiger partial charge in [0, 0.05) is 26.2 Å². The lowest BCUT2D eigenvalue weighted by molar-refractivity contribution is -0.00210. The van der Waals surface area contributed by atoms with Gasteiger partial charge in [0.15, 0.2) is 0 Å². The van der Waals surface area contributed by atoms with Gasteiger partial charge in [-0.05, 0) is 49.8 Å². The molecule has 2 aliphatic rings. The number of ether oxygens (including phenoxy) is 1. The minimum Gasteiger partial charge on any atom is -0.373 e. The fraction of sp³-hybridized carbons (Fsp3) is 0.714. The van der Waals surface area contributed by atoms with E-state index in [9.17, 15) is 0 Å². The average Bonchev–Trinajstić information content (AvgIpc) is 2.67. The molecule has 3 rings (SSSR count). The number of likely N-dealkylation sites (tertiary alicyclic amines) is 1. The van der Waals surface area contributed by atoms with Gasteiger partial charge in [0.1, 0.15) is 0 Å². The molecule has 134 valence electrons. The van der Waals surface area contributed by atoms with Gasteiger partial charge in [0.05, 0.1) is 12.7 Å². The quantitative estimate of drug-likeness (QED) is 0.820. The largest absolute Gasteiger partial charge is 0.373 e. The summed E-state index contributed by atoms with van der Waals surface area (Å²) < 4.78 is 6.16. The van der Waals surface area contributed by atoms with E-state index in [4.69, 9.17) is 4.74 Å². The summed E-state index contributed by atoms with van der Waals surface area (Å²) in [6.07, 6.45) is 9.77. The molecule has 1 aromatic rings. The van der Waals surface area contributed by atoms with Crippen molar-refractivity contribution < 1.29 is 4.74 Å². The standard InChI is InChI=1S/C21H34N2O/c1-22-13-16-23-14-11-21(12-15-23)24-17-18-7-9-20(10-8-18)19-5-3-2-4-6-19/h7-10,19,21-22H,2-6,11-17H2,1H3. The minimum absolute atomic E-state index is 0.439. The van der Waals surface area contributed by atoms with E-state index in [0.29, 0.717) is 6.10 Å². The Labute approximate surface area is 147 Å². The molecular weight excluding hydrogens is 296 g/mol. The molecule has 1 heterocycles. The molecule has 1 aliphatic heterocycles. The van der Waals surface area contributed by atoms with E-state index in [0.717, 1.165) is 25.6 Å². The third-order valence-corrected chi connectivity index (χ3v) is 5.75. The van der Waals surface area contributed by atoms with Gasteiger partial charge in [-0.25, -0.2) is 0 Å². The number of benzene rings is 1. The van der Waals surface area contributed by atoms with Gasteiger partial charge in [0.25, 0.3) is 0 Å². The van der Waals surface area contributed by atoms with E-state index in [-0.39, 0.29) is 0 Å². The van der Waals surface area contributed by atoms with Gasteiger partial charge < -0.3 is 15.0 Å². The van der Waals surface area contributed by atoms with E-state index in [1.165, 1.54) is 69.2 Å². The Morgan fingerprint density at radius 3 is 2.38 bits per heavy atom. The number of hydrogen-bond acceptors (Lipinski definition) is 3. The molecule has 2 fully saturated rings. The van der Waals surface area contributed by atoms with Gasteiger partial charge in [-0.15, -0.1) is 0 Å². The maximum atomic E-state index is 6.16. The molecule has 1 aliphatic carbocycles. The predicted octanol–water partition coefficient (Wildman–Crippen LogP) is 3.93. The molecule has 3 nitrogen and oxygen atoms in total. The fourth-order valence-electron chi connectivity index (χ4n) is 4.11. The van der Waals surface area contributed by atoms with Gasteiger partial charge in [-0.1, -0.05) is 43.5 Å². The first-order valence-electron chi connectivity index (χ1n) is 9.92. The molecule has 0 radical (unpaired) electrons. The van der Waals surface area contributed by atoms with Crippen LogP contribution < -0.4 is 5.32 Å². The number of piperidine rings is 1. The highest BCUT2D eigenvalue weighted by atomic mass is 16.5. The highest BCUT2D eigenvalue weighted by Crippen LogP contribution is 2.32. The topological polar surface area (TPSA) is 24.5 Å². The molecule has 0 aromatic heterocycles. The maximum absolute atomic E-state index is 6.16. The summed E-state index contributed by atoms with van der Waals surface area (Å²) in [4.78, 5) is 2.54. The summed E-state index contributed by atoms with van der Waals surface area (Å²) in [5, 5.41) is 3.23. The van der Waals surface area contributed by atoms with E-state index < -0.39 is 0 Å². The normalized spacial score (nSPS) is 21.2. The van der Waals surface area contributed by atoms with Gasteiger partial charge in [-0.3, -0.25) is 0 Å². The highest BCUT2D eigenvalue weighted by Gasteiger charge is 2.19. The van der Waals surface area contributed by atoms with Crippen molar-refractivity contribution in [1.29, 1.82) is 0 Å². The molecule has 24 heavy (non-hydrogen) atoms. The van der Waals surface area contributed by atoms with Crippen LogP contribution in [0.3, 0.4) is 0 Å². The van der Waals surface area contributed by atoms with Crippen molar-refractivity contribution >= 4 is 0 Å². The first-order chi connectivity index (χ1) is 11.8. The van der Waals surface area contributed by atoms with E-state index >= 15 is 0 Å². The summed E-state index contributed by atoms with van der Waals surface area (Å²) in [5.41, 5.74) is 2.86. The number of rotatable bonds is 7. The smallest absolute Gasteiger partial charge is 0.0720 e. The summed E-state index contributed by atoms with van der Waals surface area (Å²) >= 11 is 0. The van der Waals surface area contributed by atoms with Crippen LogP contribution in [0.25, 0.3) is 0 Å². The molecule has 1 saturated carbocycles. The monoisotopic (exact) mass is 330 g/mol. The summed E-state index contributed by atoms with van der Waals surface area (Å²) in [6, 6.07) is 9.25. The van der Waals surface area contributed by atoms with Crippen molar-refractivity contribution in [2.45, 2.75) is 63.6 Å². The van der Waals surface area contributed by atoms with Crippen molar-refractivity contribution in [3.05, 3.63) is 35.4 Å². The molecule has 0 amide bonds. The lowest BCUT2D eigenvalue weighted by Crippen LogP contribution is -2.40. The van der Waals surface area contributed by atoms with Crippen LogP contribution >= 0.6 is 0 Å². The van der Waals surface area contributed by atoms with E-state index in [1.807, 2.05) is 7.05 Å². The molecular formula is C21H34N2O. The van der Waals surface area contributed by atoms with E-state index in [1.54, 1.807) is 0 Å². The highest BCUT2D eigenvalue weighted by molar-refractivity contribution is 5.25. The molecule has 1 N–H and O–H groups in total. The van der Waals surface area contributed by atoms with E-state index in [2.05, 4.69) is 34.5 Å².